The van der Waals surface area contributed by atoms with Crippen LogP contribution >= 0.6 is 0 Å². The first kappa shape index (κ1) is 13.5. The van der Waals surface area contributed by atoms with Gasteiger partial charge in [-0.2, -0.15) is 0 Å². The third kappa shape index (κ3) is 2.90. The maximum atomic E-state index is 13.8. The molecular formula is C15H21FO2. The minimum absolute atomic E-state index is 0.231. The normalized spacial score (nSPS) is 22.9. The second-order valence-electron chi connectivity index (χ2n) is 5.04. The van der Waals surface area contributed by atoms with Crippen LogP contribution in [0.5, 0.6) is 0 Å². The molecule has 100 valence electrons. The van der Waals surface area contributed by atoms with E-state index in [4.69, 9.17) is 4.74 Å². The van der Waals surface area contributed by atoms with Crippen molar-refractivity contribution in [2.45, 2.75) is 50.7 Å². The Labute approximate surface area is 108 Å². The zero-order valence-electron chi connectivity index (χ0n) is 10.9. The summed E-state index contributed by atoms with van der Waals surface area (Å²) in [4.78, 5) is 0. The van der Waals surface area contributed by atoms with Crippen LogP contribution in [0.25, 0.3) is 0 Å². The Kier molecular flexibility index (Phi) is 4.36. The van der Waals surface area contributed by atoms with Gasteiger partial charge >= 0.3 is 0 Å². The maximum absolute atomic E-state index is 13.8. The Balaban J connectivity index is 2.07. The van der Waals surface area contributed by atoms with Gasteiger partial charge in [-0.05, 0) is 38.2 Å². The average molecular weight is 252 g/mol. The molecule has 0 radical (unpaired) electrons. The summed E-state index contributed by atoms with van der Waals surface area (Å²) in [6.07, 6.45) is 4.23. The van der Waals surface area contributed by atoms with Crippen LogP contribution in [0, 0.1) is 5.82 Å². The molecule has 1 aromatic rings. The molecule has 1 aliphatic rings. The molecule has 2 nitrogen and oxygen atoms in total. The van der Waals surface area contributed by atoms with Crippen molar-refractivity contribution in [1.29, 1.82) is 0 Å². The molecular weight excluding hydrogens is 231 g/mol. The highest BCUT2D eigenvalue weighted by atomic mass is 19.1. The van der Waals surface area contributed by atoms with Gasteiger partial charge in [0.1, 0.15) is 5.82 Å². The first-order valence-corrected chi connectivity index (χ1v) is 6.75. The standard InChI is InChI=1S/C15H21FO2/c1-2-15(17,10-9-12-6-5-11-18-12)13-7-3-4-8-14(13)16/h3-4,7-8,12,17H,2,5-6,9-11H2,1H3. The first-order valence-electron chi connectivity index (χ1n) is 6.75. The van der Waals surface area contributed by atoms with Crippen LogP contribution in [0.4, 0.5) is 4.39 Å². The van der Waals surface area contributed by atoms with E-state index >= 15 is 0 Å². The van der Waals surface area contributed by atoms with Gasteiger partial charge in [0.15, 0.2) is 0 Å². The molecule has 2 atom stereocenters. The minimum Gasteiger partial charge on any atom is -0.385 e. The third-order valence-electron chi connectivity index (χ3n) is 3.86. The Bertz CT molecular complexity index is 388. The van der Waals surface area contributed by atoms with Crippen LogP contribution in [0.1, 0.15) is 44.6 Å². The van der Waals surface area contributed by atoms with Gasteiger partial charge < -0.3 is 9.84 Å². The minimum atomic E-state index is -1.07. The second-order valence-corrected chi connectivity index (χ2v) is 5.04. The molecule has 1 saturated heterocycles. The molecule has 0 aliphatic carbocycles. The van der Waals surface area contributed by atoms with Gasteiger partial charge in [0.25, 0.3) is 0 Å². The fourth-order valence-electron chi connectivity index (χ4n) is 2.61. The quantitative estimate of drug-likeness (QED) is 0.870. The van der Waals surface area contributed by atoms with Crippen molar-refractivity contribution in [2.75, 3.05) is 6.61 Å². The van der Waals surface area contributed by atoms with E-state index in [1.165, 1.54) is 6.07 Å². The predicted molar refractivity (Wildman–Crippen MR) is 68.8 cm³/mol. The zero-order chi connectivity index (χ0) is 13.0. The van der Waals surface area contributed by atoms with E-state index in [1.807, 2.05) is 6.92 Å². The van der Waals surface area contributed by atoms with E-state index in [0.29, 0.717) is 18.4 Å². The molecule has 2 rings (SSSR count). The molecule has 0 aromatic heterocycles. The molecule has 1 N–H and O–H groups in total. The fraction of sp³-hybridized carbons (Fsp3) is 0.600. The lowest BCUT2D eigenvalue weighted by Crippen LogP contribution is -2.27. The van der Waals surface area contributed by atoms with Gasteiger partial charge in [-0.15, -0.1) is 0 Å². The van der Waals surface area contributed by atoms with Crippen molar-refractivity contribution in [3.8, 4) is 0 Å². The van der Waals surface area contributed by atoms with Gasteiger partial charge in [0, 0.05) is 12.2 Å². The third-order valence-corrected chi connectivity index (χ3v) is 3.86. The van der Waals surface area contributed by atoms with Crippen molar-refractivity contribution in [3.63, 3.8) is 0 Å². The molecule has 0 saturated carbocycles. The van der Waals surface area contributed by atoms with E-state index in [2.05, 4.69) is 0 Å². The van der Waals surface area contributed by atoms with E-state index < -0.39 is 5.60 Å². The highest BCUT2D eigenvalue weighted by Gasteiger charge is 2.31. The lowest BCUT2D eigenvalue weighted by atomic mass is 9.85. The first-order chi connectivity index (χ1) is 8.65. The predicted octanol–water partition coefficient (Wildman–Crippen LogP) is 3.38. The monoisotopic (exact) mass is 252 g/mol. The van der Waals surface area contributed by atoms with Crippen molar-refractivity contribution in [2.24, 2.45) is 0 Å². The van der Waals surface area contributed by atoms with Gasteiger partial charge in [-0.25, -0.2) is 4.39 Å². The number of hydrogen-bond donors (Lipinski definition) is 1. The summed E-state index contributed by atoms with van der Waals surface area (Å²) in [6.45, 7) is 2.71. The van der Waals surface area contributed by atoms with E-state index in [1.54, 1.807) is 18.2 Å². The summed E-state index contributed by atoms with van der Waals surface area (Å²) in [5.41, 5.74) is -0.664. The molecule has 1 aromatic carbocycles. The van der Waals surface area contributed by atoms with Gasteiger partial charge in [-0.1, -0.05) is 25.1 Å². The summed E-state index contributed by atoms with van der Waals surface area (Å²) >= 11 is 0. The Morgan fingerprint density at radius 1 is 1.44 bits per heavy atom. The number of ether oxygens (including phenoxy) is 1. The van der Waals surface area contributed by atoms with E-state index in [0.717, 1.165) is 25.9 Å². The topological polar surface area (TPSA) is 29.5 Å². The largest absolute Gasteiger partial charge is 0.385 e. The molecule has 3 heteroatoms. The number of hydrogen-bond acceptors (Lipinski definition) is 2. The van der Waals surface area contributed by atoms with Gasteiger partial charge in [0.05, 0.1) is 11.7 Å². The summed E-state index contributed by atoms with van der Waals surface area (Å²) in [5.74, 6) is -0.325. The smallest absolute Gasteiger partial charge is 0.129 e. The number of aliphatic hydroxyl groups is 1. The maximum Gasteiger partial charge on any atom is 0.129 e. The van der Waals surface area contributed by atoms with E-state index in [9.17, 15) is 9.50 Å². The molecule has 0 spiro atoms. The van der Waals surface area contributed by atoms with Crippen LogP contribution in [0.2, 0.25) is 0 Å². The molecule has 0 bridgehead atoms. The van der Waals surface area contributed by atoms with Crippen LogP contribution in [-0.2, 0) is 10.3 Å². The lowest BCUT2D eigenvalue weighted by molar-refractivity contribution is 0.000536. The summed E-state index contributed by atoms with van der Waals surface area (Å²) in [7, 11) is 0. The molecule has 1 fully saturated rings. The van der Waals surface area contributed by atoms with Crippen molar-refractivity contribution < 1.29 is 14.2 Å². The Morgan fingerprint density at radius 3 is 2.83 bits per heavy atom. The zero-order valence-corrected chi connectivity index (χ0v) is 10.9. The van der Waals surface area contributed by atoms with Gasteiger partial charge in [-0.3, -0.25) is 0 Å². The van der Waals surface area contributed by atoms with Crippen molar-refractivity contribution >= 4 is 0 Å². The number of rotatable bonds is 5. The van der Waals surface area contributed by atoms with Gasteiger partial charge in [0.2, 0.25) is 0 Å². The highest BCUT2D eigenvalue weighted by Crippen LogP contribution is 2.33. The SMILES string of the molecule is CCC(O)(CCC1CCCO1)c1ccccc1F. The molecule has 1 heterocycles. The van der Waals surface area contributed by atoms with E-state index in [-0.39, 0.29) is 11.9 Å². The molecule has 18 heavy (non-hydrogen) atoms. The fourth-order valence-corrected chi connectivity index (χ4v) is 2.61. The number of benzene rings is 1. The lowest BCUT2D eigenvalue weighted by Gasteiger charge is -2.28. The Hall–Kier alpha value is -0.930. The average Bonchev–Trinajstić information content (AvgIpc) is 2.90. The molecule has 0 amide bonds. The second kappa shape index (κ2) is 5.81. The molecule has 1 aliphatic heterocycles. The Morgan fingerprint density at radius 2 is 2.22 bits per heavy atom. The van der Waals surface area contributed by atoms with Crippen LogP contribution < -0.4 is 0 Å². The highest BCUT2D eigenvalue weighted by molar-refractivity contribution is 5.24. The van der Waals surface area contributed by atoms with Crippen LogP contribution in [-0.4, -0.2) is 17.8 Å². The summed E-state index contributed by atoms with van der Waals surface area (Å²) < 4.78 is 19.3. The van der Waals surface area contributed by atoms with Crippen LogP contribution in [0.15, 0.2) is 24.3 Å². The van der Waals surface area contributed by atoms with Crippen molar-refractivity contribution in [3.05, 3.63) is 35.6 Å². The van der Waals surface area contributed by atoms with Crippen molar-refractivity contribution in [1.82, 2.24) is 0 Å². The molecule has 2 unspecified atom stereocenters. The van der Waals surface area contributed by atoms with Crippen LogP contribution in [0.3, 0.4) is 0 Å². The summed E-state index contributed by atoms with van der Waals surface area (Å²) in [5, 5.41) is 10.6. The number of halogens is 1. The summed E-state index contributed by atoms with van der Waals surface area (Å²) in [6, 6.07) is 6.50.